The van der Waals surface area contributed by atoms with Gasteiger partial charge < -0.3 is 25.3 Å². The smallest absolute Gasteiger partial charge is 0.325 e. The summed E-state index contributed by atoms with van der Waals surface area (Å²) in [6.45, 7) is -0.474. The van der Waals surface area contributed by atoms with Crippen LogP contribution >= 0.6 is 34.2 Å². The molecule has 0 saturated carbocycles. The summed E-state index contributed by atoms with van der Waals surface area (Å²) in [7, 11) is 0. The number of aliphatic hydroxyl groups excluding tert-OH is 2. The maximum atomic E-state index is 13.7. The molecule has 1 fully saturated rings. The van der Waals surface area contributed by atoms with E-state index in [2.05, 4.69) is 37.9 Å². The molecule has 40 heavy (non-hydrogen) atoms. The molecule has 5 rings (SSSR count). The van der Waals surface area contributed by atoms with Crippen molar-refractivity contribution in [3.05, 3.63) is 105 Å². The molecule has 1 aliphatic heterocycles. The quantitative estimate of drug-likeness (QED) is 0.144. The fourth-order valence-electron chi connectivity index (χ4n) is 4.51. The highest BCUT2D eigenvalue weighted by Gasteiger charge is 2.44. The molecule has 0 spiro atoms. The van der Waals surface area contributed by atoms with Gasteiger partial charge in [-0.25, -0.2) is 9.78 Å². The molecular weight excluding hydrogens is 647 g/mol. The minimum atomic E-state index is -0.991. The van der Waals surface area contributed by atoms with Crippen molar-refractivity contribution in [3.8, 4) is 17.0 Å². The second kappa shape index (κ2) is 12.4. The molecule has 2 heterocycles. The number of urea groups is 1. The summed E-state index contributed by atoms with van der Waals surface area (Å²) < 4.78 is 6.45. The molecule has 1 aliphatic rings. The zero-order valence-electron chi connectivity index (χ0n) is 21.1. The summed E-state index contributed by atoms with van der Waals surface area (Å²) >= 11 is 8.67. The molecule has 11 heteroatoms. The van der Waals surface area contributed by atoms with Crippen molar-refractivity contribution in [1.82, 2.24) is 20.2 Å². The first kappa shape index (κ1) is 28.1. The van der Waals surface area contributed by atoms with Gasteiger partial charge in [-0.3, -0.25) is 9.69 Å². The number of aromatic amines is 1. The molecule has 3 amide bonds. The van der Waals surface area contributed by atoms with Crippen LogP contribution in [0.25, 0.3) is 11.3 Å². The van der Waals surface area contributed by atoms with Crippen molar-refractivity contribution in [2.75, 3.05) is 13.2 Å². The SMILES string of the molecule is O=C1N[C@H](c2ccc(OC[C@@H](O)CO)cc2)C(=O)N1[C@@H](Cc1ccccc1)c1ncc(-c2ccc(I)cc2Cl)[nH]1. The highest BCUT2D eigenvalue weighted by Crippen LogP contribution is 2.34. The summed E-state index contributed by atoms with van der Waals surface area (Å²) in [6, 6.07) is 19.8. The number of halogens is 2. The van der Waals surface area contributed by atoms with Gasteiger partial charge in [-0.05, 0) is 58.0 Å². The molecule has 206 valence electrons. The Morgan fingerprint density at radius 1 is 1.07 bits per heavy atom. The van der Waals surface area contributed by atoms with Crippen molar-refractivity contribution in [1.29, 1.82) is 0 Å². The lowest BCUT2D eigenvalue weighted by molar-refractivity contribution is -0.129. The standard InChI is InChI=1S/C29H26ClIN4O5/c30-23-13-19(31)8-11-22(23)24-14-32-27(33-24)25(12-17-4-2-1-3-5-17)35-28(38)26(34-29(35)39)18-6-9-21(10-7-18)40-16-20(37)15-36/h1-11,13-14,20,25-26,36-37H,12,15-16H2,(H,32,33)(H,34,39)/t20-,25-,26+/m0/s1. The third-order valence-electron chi connectivity index (χ3n) is 6.55. The Labute approximate surface area is 249 Å². The normalized spacial score (nSPS) is 16.6. The molecule has 4 N–H and O–H groups in total. The lowest BCUT2D eigenvalue weighted by Crippen LogP contribution is -2.36. The molecule has 4 aromatic rings. The van der Waals surface area contributed by atoms with E-state index in [-0.39, 0.29) is 6.61 Å². The summed E-state index contributed by atoms with van der Waals surface area (Å²) in [5, 5.41) is 21.8. The number of nitrogens with zero attached hydrogens (tertiary/aromatic N) is 2. The van der Waals surface area contributed by atoms with Crippen LogP contribution in [0.2, 0.25) is 5.02 Å². The second-order valence-corrected chi connectivity index (χ2v) is 11.0. The first-order valence-electron chi connectivity index (χ1n) is 12.5. The second-order valence-electron chi connectivity index (χ2n) is 9.32. The summed E-state index contributed by atoms with van der Waals surface area (Å²) in [4.78, 5) is 36.1. The number of nitrogens with one attached hydrogen (secondary N) is 2. The number of carbonyl (C=O) groups is 2. The van der Waals surface area contributed by atoms with Gasteiger partial charge in [-0.1, -0.05) is 60.1 Å². The van der Waals surface area contributed by atoms with E-state index in [0.717, 1.165) is 14.7 Å². The minimum Gasteiger partial charge on any atom is -0.491 e. The molecule has 0 unspecified atom stereocenters. The number of hydrogen-bond donors (Lipinski definition) is 4. The molecule has 0 aliphatic carbocycles. The van der Waals surface area contributed by atoms with Crippen molar-refractivity contribution >= 4 is 46.1 Å². The van der Waals surface area contributed by atoms with E-state index in [0.29, 0.717) is 34.3 Å². The van der Waals surface area contributed by atoms with Crippen LogP contribution in [0.4, 0.5) is 4.79 Å². The zero-order valence-corrected chi connectivity index (χ0v) is 24.0. The van der Waals surface area contributed by atoms with Crippen molar-refractivity contribution in [2.45, 2.75) is 24.6 Å². The number of H-pyrrole nitrogens is 1. The topological polar surface area (TPSA) is 128 Å². The predicted octanol–water partition coefficient (Wildman–Crippen LogP) is 4.64. The van der Waals surface area contributed by atoms with Crippen LogP contribution in [-0.2, 0) is 11.2 Å². The zero-order chi connectivity index (χ0) is 28.2. The molecular formula is C29H26ClIN4O5. The van der Waals surface area contributed by atoms with Crippen molar-refractivity contribution in [3.63, 3.8) is 0 Å². The number of amides is 3. The summed E-state index contributed by atoms with van der Waals surface area (Å²) in [5.41, 5.74) is 2.97. The van der Waals surface area contributed by atoms with Crippen LogP contribution in [0.5, 0.6) is 5.75 Å². The van der Waals surface area contributed by atoms with Crippen LogP contribution in [0, 0.1) is 3.57 Å². The number of benzene rings is 3. The van der Waals surface area contributed by atoms with E-state index < -0.39 is 36.7 Å². The van der Waals surface area contributed by atoms with Crippen molar-refractivity contribution < 1.29 is 24.5 Å². The van der Waals surface area contributed by atoms with Gasteiger partial charge in [0.15, 0.2) is 0 Å². The molecule has 3 aromatic carbocycles. The Kier molecular flexibility index (Phi) is 8.69. The van der Waals surface area contributed by atoms with Crippen LogP contribution in [0.3, 0.4) is 0 Å². The van der Waals surface area contributed by atoms with E-state index in [4.69, 9.17) is 21.4 Å². The van der Waals surface area contributed by atoms with Gasteiger partial charge in [-0.15, -0.1) is 0 Å². The van der Waals surface area contributed by atoms with E-state index in [1.807, 2.05) is 48.5 Å². The van der Waals surface area contributed by atoms with E-state index in [1.165, 1.54) is 4.90 Å². The molecule has 1 saturated heterocycles. The molecule has 3 atom stereocenters. The molecule has 1 aromatic heterocycles. The van der Waals surface area contributed by atoms with Gasteiger partial charge in [0, 0.05) is 15.6 Å². The lowest BCUT2D eigenvalue weighted by Gasteiger charge is -2.24. The van der Waals surface area contributed by atoms with Gasteiger partial charge in [0.2, 0.25) is 0 Å². The largest absolute Gasteiger partial charge is 0.491 e. The number of hydrogen-bond acceptors (Lipinski definition) is 6. The Morgan fingerprint density at radius 3 is 2.52 bits per heavy atom. The fourth-order valence-corrected chi connectivity index (χ4v) is 5.47. The third kappa shape index (κ3) is 6.15. The van der Waals surface area contributed by atoms with E-state index >= 15 is 0 Å². The van der Waals surface area contributed by atoms with Crippen LogP contribution in [0.15, 0.2) is 79.0 Å². The maximum Gasteiger partial charge on any atom is 0.325 e. The number of aliphatic hydroxyl groups is 2. The number of rotatable bonds is 10. The lowest BCUT2D eigenvalue weighted by atomic mass is 10.0. The third-order valence-corrected chi connectivity index (χ3v) is 7.54. The Morgan fingerprint density at radius 2 is 1.82 bits per heavy atom. The summed E-state index contributed by atoms with van der Waals surface area (Å²) in [6.07, 6.45) is 1.03. The molecule has 0 radical (unpaired) electrons. The first-order valence-corrected chi connectivity index (χ1v) is 14.0. The van der Waals surface area contributed by atoms with Crippen molar-refractivity contribution in [2.24, 2.45) is 0 Å². The maximum absolute atomic E-state index is 13.7. The molecule has 0 bridgehead atoms. The Balaban J connectivity index is 1.42. The highest BCUT2D eigenvalue weighted by atomic mass is 127. The monoisotopic (exact) mass is 672 g/mol. The van der Waals surface area contributed by atoms with Gasteiger partial charge in [0.05, 0.1) is 23.5 Å². The molecule has 9 nitrogen and oxygen atoms in total. The number of ether oxygens (including phenoxy) is 1. The van der Waals surface area contributed by atoms with Gasteiger partial charge >= 0.3 is 6.03 Å². The highest BCUT2D eigenvalue weighted by molar-refractivity contribution is 14.1. The van der Waals surface area contributed by atoms with E-state index in [9.17, 15) is 14.7 Å². The van der Waals surface area contributed by atoms with E-state index in [1.54, 1.807) is 30.5 Å². The van der Waals surface area contributed by atoms with Crippen LogP contribution < -0.4 is 10.1 Å². The number of carbonyl (C=O) groups excluding carboxylic acids is 2. The van der Waals surface area contributed by atoms with Gasteiger partial charge in [0.25, 0.3) is 5.91 Å². The van der Waals surface area contributed by atoms with Crippen LogP contribution in [0.1, 0.15) is 29.0 Å². The Hall–Kier alpha value is -3.45. The number of imidazole rings is 1. The average molecular weight is 673 g/mol. The average Bonchev–Trinajstić information content (AvgIpc) is 3.55. The Bertz CT molecular complexity index is 1500. The number of imide groups is 1. The van der Waals surface area contributed by atoms with Gasteiger partial charge in [0.1, 0.15) is 36.4 Å². The first-order chi connectivity index (χ1) is 19.3. The van der Waals surface area contributed by atoms with Gasteiger partial charge in [-0.2, -0.15) is 0 Å². The van der Waals surface area contributed by atoms with Crippen LogP contribution in [-0.4, -0.2) is 56.3 Å². The fraction of sp³-hybridized carbons (Fsp3) is 0.207. The predicted molar refractivity (Wildman–Crippen MR) is 158 cm³/mol. The summed E-state index contributed by atoms with van der Waals surface area (Å²) in [5.74, 6) is 0.522. The minimum absolute atomic E-state index is 0.0670. The number of aromatic nitrogens is 2.